The van der Waals surface area contributed by atoms with Gasteiger partial charge in [0.05, 0.1) is 12.2 Å². The van der Waals surface area contributed by atoms with Gasteiger partial charge in [-0.2, -0.15) is 13.2 Å². The van der Waals surface area contributed by atoms with E-state index in [1.807, 2.05) is 24.3 Å². The van der Waals surface area contributed by atoms with Crippen molar-refractivity contribution >= 4 is 11.9 Å². The molecule has 200 valence electrons. The number of unbranched alkanes of at least 4 members (excludes halogenated alkanes) is 2. The van der Waals surface area contributed by atoms with Crippen molar-refractivity contribution in [1.82, 2.24) is 4.90 Å². The number of hydrogen-bond acceptors (Lipinski definition) is 3. The van der Waals surface area contributed by atoms with E-state index in [9.17, 15) is 22.8 Å². The summed E-state index contributed by atoms with van der Waals surface area (Å²) in [6, 6.07) is 19.3. The van der Waals surface area contributed by atoms with Crippen LogP contribution in [0.5, 0.6) is 5.75 Å². The summed E-state index contributed by atoms with van der Waals surface area (Å²) in [4.78, 5) is 25.9. The molecule has 1 aliphatic rings. The zero-order chi connectivity index (χ0) is 27.1. The molecule has 5 nitrogen and oxygen atoms in total. The van der Waals surface area contributed by atoms with Crippen molar-refractivity contribution in [2.45, 2.75) is 57.3 Å². The van der Waals surface area contributed by atoms with Gasteiger partial charge in [0.2, 0.25) is 0 Å². The molecule has 1 aliphatic carbocycles. The van der Waals surface area contributed by atoms with Crippen molar-refractivity contribution in [2.75, 3.05) is 6.61 Å². The molecule has 1 fully saturated rings. The third kappa shape index (κ3) is 7.15. The molecular formula is C30H30F3NO4. The van der Waals surface area contributed by atoms with Gasteiger partial charge < -0.3 is 14.7 Å². The van der Waals surface area contributed by atoms with Crippen molar-refractivity contribution in [3.63, 3.8) is 0 Å². The summed E-state index contributed by atoms with van der Waals surface area (Å²) in [6.07, 6.45) is -0.441. The van der Waals surface area contributed by atoms with Crippen LogP contribution in [0.1, 0.15) is 60.0 Å². The molecule has 1 saturated carbocycles. The van der Waals surface area contributed by atoms with Crippen LogP contribution in [0.25, 0.3) is 11.1 Å². The van der Waals surface area contributed by atoms with E-state index < -0.39 is 17.7 Å². The largest absolute Gasteiger partial charge is 0.493 e. The van der Waals surface area contributed by atoms with Crippen molar-refractivity contribution in [3.05, 3.63) is 89.5 Å². The fourth-order valence-electron chi connectivity index (χ4n) is 4.39. The molecule has 0 atom stereocenters. The third-order valence-corrected chi connectivity index (χ3v) is 6.53. The van der Waals surface area contributed by atoms with E-state index in [0.29, 0.717) is 36.4 Å². The lowest BCUT2D eigenvalue weighted by molar-refractivity contribution is -0.138. The number of benzene rings is 3. The summed E-state index contributed by atoms with van der Waals surface area (Å²) in [5, 5.41) is 8.75. The number of carboxylic acid groups (broad SMARTS) is 1. The second-order valence-corrected chi connectivity index (χ2v) is 9.45. The molecule has 0 unspecified atom stereocenters. The Hall–Kier alpha value is -3.81. The second kappa shape index (κ2) is 12.2. The van der Waals surface area contributed by atoms with E-state index in [2.05, 4.69) is 0 Å². The van der Waals surface area contributed by atoms with Gasteiger partial charge in [-0.1, -0.05) is 48.5 Å². The van der Waals surface area contributed by atoms with Crippen LogP contribution >= 0.6 is 0 Å². The molecule has 3 aromatic carbocycles. The Morgan fingerprint density at radius 3 is 2.26 bits per heavy atom. The van der Waals surface area contributed by atoms with Crippen LogP contribution in [0.15, 0.2) is 72.8 Å². The smallest absolute Gasteiger partial charge is 0.417 e. The first-order valence-electron chi connectivity index (χ1n) is 12.7. The number of ether oxygens (including phenoxy) is 1. The van der Waals surface area contributed by atoms with Gasteiger partial charge in [0.25, 0.3) is 5.91 Å². The SMILES string of the molecule is O=C(O)CCCCCOc1ccccc1CN(C(=O)c1ccc(-c2ccccc2C(F)(F)F)cc1)C1CC1. The number of carbonyl (C=O) groups excluding carboxylic acids is 1. The maximum absolute atomic E-state index is 13.5. The summed E-state index contributed by atoms with van der Waals surface area (Å²) in [5.41, 5.74) is 1.05. The molecule has 38 heavy (non-hydrogen) atoms. The standard InChI is InChI=1S/C30H30F3NO4/c31-30(32,33)26-10-5-4-9-25(26)21-13-15-22(16-14-21)29(37)34(24-17-18-24)20-23-8-3-6-11-27(23)38-19-7-1-2-12-28(35)36/h3-6,8-11,13-16,24H,1-2,7,12,17-20H2,(H,35,36). The number of nitrogens with zero attached hydrogens (tertiary/aromatic N) is 1. The van der Waals surface area contributed by atoms with Crippen LogP contribution in [-0.4, -0.2) is 34.5 Å². The number of aliphatic carboxylic acids is 1. The van der Waals surface area contributed by atoms with Gasteiger partial charge in [-0.25, -0.2) is 0 Å². The highest BCUT2D eigenvalue weighted by molar-refractivity contribution is 5.95. The number of para-hydroxylation sites is 1. The monoisotopic (exact) mass is 525 g/mol. The Morgan fingerprint density at radius 2 is 1.58 bits per heavy atom. The molecule has 0 aromatic heterocycles. The Morgan fingerprint density at radius 1 is 0.895 bits per heavy atom. The number of carbonyl (C=O) groups is 2. The van der Waals surface area contributed by atoms with Gasteiger partial charge >= 0.3 is 12.1 Å². The Labute approximate surface area is 219 Å². The molecule has 3 aromatic rings. The van der Waals surface area contributed by atoms with Gasteiger partial charge in [-0.15, -0.1) is 0 Å². The minimum Gasteiger partial charge on any atom is -0.493 e. The van der Waals surface area contributed by atoms with E-state index in [4.69, 9.17) is 9.84 Å². The first-order valence-corrected chi connectivity index (χ1v) is 12.7. The molecule has 1 amide bonds. The Kier molecular flexibility index (Phi) is 8.71. The highest BCUT2D eigenvalue weighted by atomic mass is 19.4. The van der Waals surface area contributed by atoms with E-state index in [-0.39, 0.29) is 23.9 Å². The first kappa shape index (κ1) is 27.2. The lowest BCUT2D eigenvalue weighted by Gasteiger charge is -2.24. The predicted molar refractivity (Wildman–Crippen MR) is 138 cm³/mol. The molecule has 0 aliphatic heterocycles. The lowest BCUT2D eigenvalue weighted by Crippen LogP contribution is -2.32. The van der Waals surface area contributed by atoms with Crippen LogP contribution in [-0.2, 0) is 17.5 Å². The minimum atomic E-state index is -4.47. The normalized spacial score (nSPS) is 13.2. The highest BCUT2D eigenvalue weighted by Gasteiger charge is 2.35. The first-order chi connectivity index (χ1) is 18.2. The molecule has 0 saturated heterocycles. The number of rotatable bonds is 12. The van der Waals surface area contributed by atoms with Gasteiger partial charge in [0.1, 0.15) is 5.75 Å². The predicted octanol–water partition coefficient (Wildman–Crippen LogP) is 7.20. The fraction of sp³-hybridized carbons (Fsp3) is 0.333. The molecular weight excluding hydrogens is 495 g/mol. The summed E-state index contributed by atoms with van der Waals surface area (Å²) in [6.45, 7) is 0.812. The van der Waals surface area contributed by atoms with Crippen molar-refractivity contribution in [3.8, 4) is 16.9 Å². The second-order valence-electron chi connectivity index (χ2n) is 9.45. The van der Waals surface area contributed by atoms with Crippen molar-refractivity contribution < 1.29 is 32.6 Å². The quantitative estimate of drug-likeness (QED) is 0.254. The molecule has 4 rings (SSSR count). The van der Waals surface area contributed by atoms with E-state index in [0.717, 1.165) is 37.3 Å². The fourth-order valence-corrected chi connectivity index (χ4v) is 4.39. The Balaban J connectivity index is 1.45. The maximum atomic E-state index is 13.5. The minimum absolute atomic E-state index is 0.0760. The van der Waals surface area contributed by atoms with Gasteiger partial charge in [0.15, 0.2) is 0 Å². The van der Waals surface area contributed by atoms with E-state index in [1.165, 1.54) is 12.1 Å². The van der Waals surface area contributed by atoms with Crippen molar-refractivity contribution in [1.29, 1.82) is 0 Å². The average Bonchev–Trinajstić information content (AvgIpc) is 3.74. The Bertz CT molecular complexity index is 1250. The molecule has 0 bridgehead atoms. The molecule has 0 spiro atoms. The van der Waals surface area contributed by atoms with Crippen LogP contribution in [0, 0.1) is 0 Å². The maximum Gasteiger partial charge on any atom is 0.417 e. The van der Waals surface area contributed by atoms with Gasteiger partial charge in [0, 0.05) is 30.1 Å². The number of alkyl halides is 3. The number of carboxylic acids is 1. The number of halogens is 3. The summed E-state index contributed by atoms with van der Waals surface area (Å²) >= 11 is 0. The third-order valence-electron chi connectivity index (χ3n) is 6.53. The zero-order valence-corrected chi connectivity index (χ0v) is 20.9. The van der Waals surface area contributed by atoms with Gasteiger partial charge in [-0.3, -0.25) is 9.59 Å². The molecule has 8 heteroatoms. The van der Waals surface area contributed by atoms with Crippen LogP contribution in [0.2, 0.25) is 0 Å². The van der Waals surface area contributed by atoms with Crippen LogP contribution < -0.4 is 4.74 Å². The molecule has 0 heterocycles. The average molecular weight is 526 g/mol. The van der Waals surface area contributed by atoms with E-state index in [1.54, 1.807) is 35.2 Å². The summed E-state index contributed by atoms with van der Waals surface area (Å²) in [5.74, 6) is -0.295. The zero-order valence-electron chi connectivity index (χ0n) is 20.9. The summed E-state index contributed by atoms with van der Waals surface area (Å²) < 4.78 is 46.3. The van der Waals surface area contributed by atoms with Crippen molar-refractivity contribution in [2.24, 2.45) is 0 Å². The molecule has 1 N–H and O–H groups in total. The summed E-state index contributed by atoms with van der Waals surface area (Å²) in [7, 11) is 0. The van der Waals surface area contributed by atoms with Crippen LogP contribution in [0.4, 0.5) is 13.2 Å². The lowest BCUT2D eigenvalue weighted by atomic mass is 9.98. The number of hydrogen-bond donors (Lipinski definition) is 1. The number of amides is 1. The highest BCUT2D eigenvalue weighted by Crippen LogP contribution is 2.37. The molecule has 0 radical (unpaired) electrons. The topological polar surface area (TPSA) is 66.8 Å². The van der Waals surface area contributed by atoms with Gasteiger partial charge in [-0.05, 0) is 67.5 Å². The van der Waals surface area contributed by atoms with E-state index >= 15 is 0 Å². The van der Waals surface area contributed by atoms with Crippen LogP contribution in [0.3, 0.4) is 0 Å².